The molecule has 16 heavy (non-hydrogen) atoms. The summed E-state index contributed by atoms with van der Waals surface area (Å²) >= 11 is 1.55. The Bertz CT molecular complexity index is 313. The van der Waals surface area contributed by atoms with E-state index in [-0.39, 0.29) is 0 Å². The van der Waals surface area contributed by atoms with E-state index in [0.717, 1.165) is 12.8 Å². The summed E-state index contributed by atoms with van der Waals surface area (Å²) in [5, 5.41) is 0. The molecule has 0 fully saturated rings. The van der Waals surface area contributed by atoms with Crippen molar-refractivity contribution in [1.29, 1.82) is 0 Å². The zero-order chi connectivity index (χ0) is 12.4. The number of hydrogen-bond acceptors (Lipinski definition) is 0. The Balaban J connectivity index is 0.000000222. The minimum atomic E-state index is 1.01. The molecule has 0 saturated heterocycles. The second-order valence-corrected chi connectivity index (χ2v) is 6.45. The van der Waals surface area contributed by atoms with Gasteiger partial charge in [0.05, 0.1) is 0 Å². The van der Waals surface area contributed by atoms with Crippen molar-refractivity contribution in [2.75, 3.05) is 0 Å². The van der Waals surface area contributed by atoms with Crippen molar-refractivity contribution in [3.05, 3.63) is 47.6 Å². The van der Waals surface area contributed by atoms with Crippen LogP contribution in [0.3, 0.4) is 0 Å². The van der Waals surface area contributed by atoms with Gasteiger partial charge in [-0.15, -0.1) is 19.8 Å². The summed E-state index contributed by atoms with van der Waals surface area (Å²) in [6.07, 6.45) is 16.2. The molecule has 0 aromatic rings. The van der Waals surface area contributed by atoms with E-state index < -0.39 is 0 Å². The first-order valence-corrected chi connectivity index (χ1v) is 6.73. The van der Waals surface area contributed by atoms with Gasteiger partial charge in [0, 0.05) is 0 Å². The molecule has 2 rings (SSSR count). The van der Waals surface area contributed by atoms with Gasteiger partial charge in [0.25, 0.3) is 0 Å². The average molecular weight is 292 g/mol. The van der Waals surface area contributed by atoms with Gasteiger partial charge in [0.2, 0.25) is 0 Å². The largest absolute Gasteiger partial charge is 0.273 e. The Labute approximate surface area is 115 Å². The van der Waals surface area contributed by atoms with Gasteiger partial charge in [0.1, 0.15) is 0 Å². The monoisotopic (exact) mass is 290 g/mol. The van der Waals surface area contributed by atoms with Gasteiger partial charge in [0.15, 0.2) is 0 Å². The first kappa shape index (κ1) is 15.7. The normalized spacial score (nSPS) is 15.6. The molecule has 2 aliphatic rings. The van der Waals surface area contributed by atoms with Crippen molar-refractivity contribution in [3.8, 4) is 0 Å². The third-order valence-corrected chi connectivity index (χ3v) is 1.94. The Morgan fingerprint density at radius 3 is 2.00 bits per heavy atom. The van der Waals surface area contributed by atoms with E-state index in [4.69, 9.17) is 0 Å². The van der Waals surface area contributed by atoms with E-state index in [1.807, 2.05) is 12.2 Å². The Morgan fingerprint density at radius 2 is 1.88 bits per heavy atom. The number of hydrogen-bond donors (Lipinski definition) is 0. The summed E-state index contributed by atoms with van der Waals surface area (Å²) in [5.74, 6) is 0. The van der Waals surface area contributed by atoms with E-state index in [0.29, 0.717) is 0 Å². The first-order valence-electron chi connectivity index (χ1n) is 5.50. The minimum Gasteiger partial charge on any atom is -0.273 e. The van der Waals surface area contributed by atoms with Gasteiger partial charge in [-0.3, -0.25) is 12.2 Å². The summed E-state index contributed by atoms with van der Waals surface area (Å²) < 4.78 is 1.51. The molecule has 0 atom stereocenters. The van der Waals surface area contributed by atoms with Gasteiger partial charge < -0.3 is 0 Å². The molecule has 84 valence electrons. The molecule has 0 spiro atoms. The third kappa shape index (κ3) is 10.2. The molecule has 1 heteroatoms. The van der Waals surface area contributed by atoms with Crippen molar-refractivity contribution in [2.24, 2.45) is 0 Å². The minimum absolute atomic E-state index is 1.01. The van der Waals surface area contributed by atoms with Crippen LogP contribution in [0, 0.1) is 12.2 Å². The van der Waals surface area contributed by atoms with Crippen LogP contribution in [0.2, 0.25) is 0 Å². The molecule has 0 aromatic carbocycles. The quantitative estimate of drug-likeness (QED) is 0.589. The van der Waals surface area contributed by atoms with Crippen molar-refractivity contribution < 1.29 is 24.2 Å². The van der Waals surface area contributed by atoms with Gasteiger partial charge in [-0.25, -0.2) is 23.8 Å². The summed E-state index contributed by atoms with van der Waals surface area (Å²) in [4.78, 5) is 0. The van der Waals surface area contributed by atoms with Crippen LogP contribution >= 0.6 is 0 Å². The summed E-state index contributed by atoms with van der Waals surface area (Å²) in [6.45, 7) is 8.51. The van der Waals surface area contributed by atoms with Crippen LogP contribution < -0.4 is 0 Å². The van der Waals surface area contributed by atoms with Crippen LogP contribution in [0.15, 0.2) is 35.5 Å². The van der Waals surface area contributed by atoms with Crippen LogP contribution in [-0.4, -0.2) is 3.21 Å². The molecular formula is C15H20Zr. The fraction of sp³-hybridized carbons (Fsp3) is 0.400. The molecule has 0 heterocycles. The van der Waals surface area contributed by atoms with Crippen molar-refractivity contribution in [2.45, 2.75) is 40.5 Å². The summed E-state index contributed by atoms with van der Waals surface area (Å²) in [6, 6.07) is 0. The van der Waals surface area contributed by atoms with Crippen molar-refractivity contribution in [1.82, 2.24) is 0 Å². The zero-order valence-corrected chi connectivity index (χ0v) is 13.2. The molecular weight excluding hydrogens is 271 g/mol. The third-order valence-electron chi connectivity index (χ3n) is 1.94. The maximum Gasteiger partial charge on any atom is -0.109 e. The van der Waals surface area contributed by atoms with E-state index in [1.165, 1.54) is 14.4 Å². The number of rotatable bonds is 0. The second-order valence-electron chi connectivity index (χ2n) is 3.99. The predicted octanol–water partition coefficient (Wildman–Crippen LogP) is 4.14. The van der Waals surface area contributed by atoms with Gasteiger partial charge in [-0.05, 0) is 0 Å². The van der Waals surface area contributed by atoms with Gasteiger partial charge in [-0.1, -0.05) is 6.92 Å². The van der Waals surface area contributed by atoms with Crippen LogP contribution in [0.4, 0.5) is 0 Å². The van der Waals surface area contributed by atoms with E-state index in [2.05, 4.69) is 52.0 Å². The molecule has 0 aromatic heterocycles. The number of allylic oxidation sites excluding steroid dienone is 8. The Morgan fingerprint density at radius 1 is 1.25 bits per heavy atom. The predicted molar refractivity (Wildman–Crippen MR) is 68.7 cm³/mol. The van der Waals surface area contributed by atoms with Crippen LogP contribution in [0.5, 0.6) is 0 Å². The summed E-state index contributed by atoms with van der Waals surface area (Å²) in [7, 11) is 0. The molecule has 0 nitrogen and oxygen atoms in total. The second kappa shape index (κ2) is 9.91. The van der Waals surface area contributed by atoms with Crippen LogP contribution in [0.1, 0.15) is 40.5 Å². The Kier molecular flexibility index (Phi) is 9.73. The van der Waals surface area contributed by atoms with Crippen LogP contribution in [-0.2, 0) is 24.2 Å². The van der Waals surface area contributed by atoms with Gasteiger partial charge >= 0.3 is 41.3 Å². The fourth-order valence-corrected chi connectivity index (χ4v) is 0.960. The molecule has 2 aliphatic carbocycles. The van der Waals surface area contributed by atoms with Crippen molar-refractivity contribution in [3.63, 3.8) is 0 Å². The zero-order valence-electron chi connectivity index (χ0n) is 10.7. The standard InChI is InChI=1S/C7H9.C5H5.C3H6.Zr/c1-6-4-3-5-7(6)2;1-2-4-5-3-1;1-3-2;/h4H,5H2,1-2H3;1-3H,4H2;1-2H3;/q2*-1;;+2. The molecule has 0 saturated carbocycles. The summed E-state index contributed by atoms with van der Waals surface area (Å²) in [5.41, 5.74) is 2.85. The van der Waals surface area contributed by atoms with E-state index >= 15 is 0 Å². The average Bonchev–Trinajstić information content (AvgIpc) is 2.81. The van der Waals surface area contributed by atoms with E-state index in [1.54, 1.807) is 24.2 Å². The van der Waals surface area contributed by atoms with Gasteiger partial charge in [-0.2, -0.15) is 11.6 Å². The first-order chi connectivity index (χ1) is 7.54. The maximum absolute atomic E-state index is 3.12. The molecule has 0 unspecified atom stereocenters. The molecule has 0 radical (unpaired) electrons. The topological polar surface area (TPSA) is 0 Å². The fourth-order valence-electron chi connectivity index (χ4n) is 0.960. The van der Waals surface area contributed by atoms with E-state index in [9.17, 15) is 0 Å². The molecule has 0 aliphatic heterocycles. The maximum atomic E-state index is 3.12. The molecule has 0 amide bonds. The Hall–Kier alpha value is -0.287. The van der Waals surface area contributed by atoms with Crippen molar-refractivity contribution >= 4 is 3.21 Å². The SMILES string of the molecule is CC1=C(C)C[C-]=C1.C[C](C)=[Zr+2].[C-]1=CC=CC1. The van der Waals surface area contributed by atoms with Crippen LogP contribution in [0.25, 0.3) is 0 Å². The molecule has 0 bridgehead atoms. The smallest absolute Gasteiger partial charge is 0.109 e. The molecule has 0 N–H and O–H groups in total.